The molecule has 0 aliphatic heterocycles. The lowest BCUT2D eigenvalue weighted by atomic mass is 10.0. The molecule has 2 aromatic rings. The SMILES string of the molecule is CCCCCC(=O)Oc1ccc(C)c(C)c1C.O=S(=O)(O)c1ccccc1. The van der Waals surface area contributed by atoms with Gasteiger partial charge in [-0.2, -0.15) is 8.42 Å². The van der Waals surface area contributed by atoms with Crippen molar-refractivity contribution in [1.82, 2.24) is 0 Å². The Bertz CT molecular complexity index is 842. The Morgan fingerprint density at radius 3 is 2.11 bits per heavy atom. The highest BCUT2D eigenvalue weighted by Crippen LogP contribution is 2.24. The Kier molecular flexibility index (Phi) is 9.18. The highest BCUT2D eigenvalue weighted by molar-refractivity contribution is 7.85. The van der Waals surface area contributed by atoms with Crippen LogP contribution in [0.4, 0.5) is 0 Å². The largest absolute Gasteiger partial charge is 0.426 e. The van der Waals surface area contributed by atoms with E-state index in [-0.39, 0.29) is 10.9 Å². The van der Waals surface area contributed by atoms with Gasteiger partial charge in [0.25, 0.3) is 10.1 Å². The van der Waals surface area contributed by atoms with E-state index in [9.17, 15) is 13.2 Å². The first-order valence-corrected chi connectivity index (χ1v) is 10.4. The van der Waals surface area contributed by atoms with E-state index < -0.39 is 10.1 Å². The summed E-state index contributed by atoms with van der Waals surface area (Å²) in [6.45, 7) is 8.24. The molecular formula is C21H28O5S. The van der Waals surface area contributed by atoms with Crippen LogP contribution < -0.4 is 4.74 Å². The van der Waals surface area contributed by atoms with Crippen LogP contribution in [-0.2, 0) is 14.9 Å². The van der Waals surface area contributed by atoms with E-state index in [0.717, 1.165) is 24.8 Å². The maximum Gasteiger partial charge on any atom is 0.311 e. The molecule has 0 heterocycles. The highest BCUT2D eigenvalue weighted by Gasteiger charge is 2.09. The first-order valence-electron chi connectivity index (χ1n) is 8.96. The lowest BCUT2D eigenvalue weighted by molar-refractivity contribution is -0.134. The van der Waals surface area contributed by atoms with E-state index in [1.807, 2.05) is 19.1 Å². The number of hydrogen-bond donors (Lipinski definition) is 1. The van der Waals surface area contributed by atoms with Gasteiger partial charge in [0.1, 0.15) is 5.75 Å². The molecule has 0 fully saturated rings. The predicted molar refractivity (Wildman–Crippen MR) is 107 cm³/mol. The third-order valence-electron chi connectivity index (χ3n) is 4.26. The molecule has 27 heavy (non-hydrogen) atoms. The molecule has 2 rings (SSSR count). The zero-order valence-electron chi connectivity index (χ0n) is 16.4. The van der Waals surface area contributed by atoms with Crippen molar-refractivity contribution in [3.63, 3.8) is 0 Å². The number of carbonyl (C=O) groups excluding carboxylic acids is 1. The zero-order valence-corrected chi connectivity index (χ0v) is 17.2. The van der Waals surface area contributed by atoms with Crippen molar-refractivity contribution in [2.24, 2.45) is 0 Å². The lowest BCUT2D eigenvalue weighted by Crippen LogP contribution is -2.09. The molecule has 0 bridgehead atoms. The molecule has 0 aromatic heterocycles. The predicted octanol–water partition coefficient (Wildman–Crippen LogP) is 5.03. The van der Waals surface area contributed by atoms with Crippen LogP contribution in [0.1, 0.15) is 49.3 Å². The monoisotopic (exact) mass is 392 g/mol. The lowest BCUT2D eigenvalue weighted by Gasteiger charge is -2.11. The fourth-order valence-corrected chi connectivity index (χ4v) is 2.83. The fraction of sp³-hybridized carbons (Fsp3) is 0.381. The summed E-state index contributed by atoms with van der Waals surface area (Å²) >= 11 is 0. The Morgan fingerprint density at radius 1 is 0.963 bits per heavy atom. The molecular weight excluding hydrogens is 364 g/mol. The fourth-order valence-electron chi connectivity index (χ4n) is 2.33. The van der Waals surface area contributed by atoms with E-state index in [2.05, 4.69) is 20.8 Å². The average molecular weight is 393 g/mol. The van der Waals surface area contributed by atoms with Crippen LogP contribution >= 0.6 is 0 Å². The number of rotatable bonds is 6. The minimum absolute atomic E-state index is 0.0741. The van der Waals surface area contributed by atoms with Gasteiger partial charge in [-0.15, -0.1) is 0 Å². The molecule has 2 aromatic carbocycles. The molecule has 0 saturated carbocycles. The third-order valence-corrected chi connectivity index (χ3v) is 5.13. The van der Waals surface area contributed by atoms with Crippen molar-refractivity contribution >= 4 is 16.1 Å². The summed E-state index contributed by atoms with van der Waals surface area (Å²) in [6, 6.07) is 11.3. The van der Waals surface area contributed by atoms with Gasteiger partial charge in [0, 0.05) is 6.42 Å². The van der Waals surface area contributed by atoms with E-state index in [1.165, 1.54) is 23.3 Å². The number of esters is 1. The second-order valence-electron chi connectivity index (χ2n) is 6.35. The smallest absolute Gasteiger partial charge is 0.311 e. The molecule has 6 heteroatoms. The van der Waals surface area contributed by atoms with Crippen molar-refractivity contribution in [1.29, 1.82) is 0 Å². The van der Waals surface area contributed by atoms with Gasteiger partial charge < -0.3 is 4.74 Å². The molecule has 0 aliphatic rings. The standard InChI is InChI=1S/C15H22O2.C6H6O3S/c1-5-6-7-8-15(16)17-14-10-9-11(2)12(3)13(14)4;7-10(8,9)6-4-2-1-3-5-6/h9-10H,5-8H2,1-4H3;1-5H,(H,7,8,9). The highest BCUT2D eigenvalue weighted by atomic mass is 32.2. The van der Waals surface area contributed by atoms with E-state index in [0.29, 0.717) is 12.2 Å². The minimum atomic E-state index is -4.00. The van der Waals surface area contributed by atoms with Crippen LogP contribution in [0, 0.1) is 20.8 Å². The molecule has 5 nitrogen and oxygen atoms in total. The number of unbranched alkanes of at least 4 members (excludes halogenated alkanes) is 2. The van der Waals surface area contributed by atoms with Gasteiger partial charge in [0.2, 0.25) is 0 Å². The number of hydrogen-bond acceptors (Lipinski definition) is 4. The molecule has 0 radical (unpaired) electrons. The summed E-state index contributed by atoms with van der Waals surface area (Å²) in [5.74, 6) is 0.583. The van der Waals surface area contributed by atoms with Gasteiger partial charge in [-0.05, 0) is 62.1 Å². The van der Waals surface area contributed by atoms with Crippen molar-refractivity contribution in [3.8, 4) is 5.75 Å². The zero-order chi connectivity index (χ0) is 20.4. The van der Waals surface area contributed by atoms with Gasteiger partial charge in [-0.3, -0.25) is 9.35 Å². The number of aryl methyl sites for hydroxylation is 1. The van der Waals surface area contributed by atoms with Gasteiger partial charge in [-0.1, -0.05) is 44.0 Å². The summed E-state index contributed by atoms with van der Waals surface area (Å²) in [4.78, 5) is 11.5. The van der Waals surface area contributed by atoms with Crippen molar-refractivity contribution < 1.29 is 22.5 Å². The molecule has 0 saturated heterocycles. The summed E-state index contributed by atoms with van der Waals surface area (Å²) in [6.07, 6.45) is 3.64. The van der Waals surface area contributed by atoms with E-state index in [1.54, 1.807) is 18.2 Å². The van der Waals surface area contributed by atoms with Crippen molar-refractivity contribution in [2.75, 3.05) is 0 Å². The normalized spacial score (nSPS) is 10.7. The maximum absolute atomic E-state index is 11.6. The average Bonchev–Trinajstić information content (AvgIpc) is 2.63. The Labute approximate surface area is 162 Å². The van der Waals surface area contributed by atoms with Crippen LogP contribution in [0.3, 0.4) is 0 Å². The van der Waals surface area contributed by atoms with Gasteiger partial charge in [0.05, 0.1) is 4.90 Å². The minimum Gasteiger partial charge on any atom is -0.426 e. The van der Waals surface area contributed by atoms with Crippen LogP contribution in [0.25, 0.3) is 0 Å². The molecule has 1 N–H and O–H groups in total. The van der Waals surface area contributed by atoms with E-state index >= 15 is 0 Å². The second-order valence-corrected chi connectivity index (χ2v) is 7.77. The molecule has 148 valence electrons. The van der Waals surface area contributed by atoms with Crippen molar-refractivity contribution in [2.45, 2.75) is 58.3 Å². The van der Waals surface area contributed by atoms with Gasteiger partial charge in [-0.25, -0.2) is 0 Å². The second kappa shape index (κ2) is 10.8. The van der Waals surface area contributed by atoms with E-state index in [4.69, 9.17) is 9.29 Å². The molecule has 0 atom stereocenters. The van der Waals surface area contributed by atoms with Gasteiger partial charge in [0.15, 0.2) is 0 Å². The Hall–Kier alpha value is -2.18. The van der Waals surface area contributed by atoms with Crippen LogP contribution in [0.2, 0.25) is 0 Å². The number of ether oxygens (including phenoxy) is 1. The van der Waals surface area contributed by atoms with Crippen molar-refractivity contribution in [3.05, 3.63) is 59.2 Å². The van der Waals surface area contributed by atoms with Gasteiger partial charge >= 0.3 is 5.97 Å². The molecule has 0 unspecified atom stereocenters. The Balaban J connectivity index is 0.000000309. The third kappa shape index (κ3) is 7.93. The summed E-state index contributed by atoms with van der Waals surface area (Å²) in [7, 11) is -4.00. The van der Waals surface area contributed by atoms with Crippen LogP contribution in [0.5, 0.6) is 5.75 Å². The topological polar surface area (TPSA) is 80.7 Å². The molecule has 0 aliphatic carbocycles. The number of carbonyl (C=O) groups is 1. The molecule has 0 spiro atoms. The summed E-state index contributed by atoms with van der Waals surface area (Å²) in [5, 5.41) is 0. The summed E-state index contributed by atoms with van der Waals surface area (Å²) < 4.78 is 34.6. The first-order chi connectivity index (χ1) is 12.7. The van der Waals surface area contributed by atoms with Crippen LogP contribution in [0.15, 0.2) is 47.4 Å². The Morgan fingerprint density at radius 2 is 1.59 bits per heavy atom. The number of benzene rings is 2. The maximum atomic E-state index is 11.6. The summed E-state index contributed by atoms with van der Waals surface area (Å²) in [5.41, 5.74) is 3.49. The first kappa shape index (κ1) is 22.9. The van der Waals surface area contributed by atoms with Crippen LogP contribution in [-0.4, -0.2) is 18.9 Å². The molecule has 0 amide bonds. The quantitative estimate of drug-likeness (QED) is 0.323.